The lowest BCUT2D eigenvalue weighted by Gasteiger charge is -2.20. The number of benzene rings is 2. The Morgan fingerprint density at radius 2 is 1.79 bits per heavy atom. The van der Waals surface area contributed by atoms with Crippen LogP contribution in [0.4, 0.5) is 4.79 Å². The van der Waals surface area contributed by atoms with Crippen LogP contribution < -0.4 is 16.4 Å². The maximum absolute atomic E-state index is 12.4. The molecule has 0 spiro atoms. The summed E-state index contributed by atoms with van der Waals surface area (Å²) in [7, 11) is 0. The Morgan fingerprint density at radius 3 is 2.38 bits per heavy atom. The Bertz CT molecular complexity index is 738. The van der Waals surface area contributed by atoms with Gasteiger partial charge in [0.15, 0.2) is 6.04 Å². The van der Waals surface area contributed by atoms with Gasteiger partial charge < -0.3 is 11.1 Å². The van der Waals surface area contributed by atoms with Crippen molar-refractivity contribution in [1.82, 2.24) is 5.32 Å². The van der Waals surface area contributed by atoms with Crippen LogP contribution in [0.1, 0.15) is 30.1 Å². The molecule has 0 aromatic heterocycles. The number of primary amides is 1. The number of hydrogen-bond acceptors (Lipinski definition) is 2. The van der Waals surface area contributed by atoms with Gasteiger partial charge in [0, 0.05) is 16.1 Å². The third-order valence-corrected chi connectivity index (χ3v) is 4.18. The highest BCUT2D eigenvalue weighted by Crippen LogP contribution is 2.25. The van der Waals surface area contributed by atoms with Crippen molar-refractivity contribution in [2.75, 3.05) is 0 Å². The minimum Gasteiger partial charge on any atom is -0.351 e. The number of nitrogens with one attached hydrogen (secondary N) is 1. The number of amides is 3. The number of urea groups is 1. The van der Waals surface area contributed by atoms with Crippen molar-refractivity contribution in [1.29, 1.82) is 0 Å². The molecule has 126 valence electrons. The zero-order valence-electron chi connectivity index (χ0n) is 13.0. The summed E-state index contributed by atoms with van der Waals surface area (Å²) in [6, 6.07) is 12.7. The second kappa shape index (κ2) is 8.15. The van der Waals surface area contributed by atoms with Gasteiger partial charge in [-0.1, -0.05) is 59.6 Å². The summed E-state index contributed by atoms with van der Waals surface area (Å²) in [6.07, 6.45) is 0. The van der Waals surface area contributed by atoms with Gasteiger partial charge in [0.2, 0.25) is 0 Å². The molecule has 0 bridgehead atoms. The van der Waals surface area contributed by atoms with Gasteiger partial charge >= 0.3 is 6.03 Å². The molecule has 2 aromatic rings. The highest BCUT2D eigenvalue weighted by Gasteiger charge is 2.28. The van der Waals surface area contributed by atoms with Crippen molar-refractivity contribution in [2.24, 2.45) is 5.73 Å². The molecule has 5 N–H and O–H groups in total. The van der Waals surface area contributed by atoms with E-state index in [2.05, 4.69) is 5.32 Å². The van der Waals surface area contributed by atoms with E-state index in [1.54, 1.807) is 12.1 Å². The highest BCUT2D eigenvalue weighted by molar-refractivity contribution is 6.35. The largest absolute Gasteiger partial charge is 0.351 e. The molecule has 2 aromatic carbocycles. The Balaban J connectivity index is 2.27. The van der Waals surface area contributed by atoms with Gasteiger partial charge in [-0.3, -0.25) is 10.1 Å². The minimum absolute atomic E-state index is 0.140. The van der Waals surface area contributed by atoms with Crippen LogP contribution >= 0.6 is 23.2 Å². The molecular weight excluding hydrogens is 349 g/mol. The Morgan fingerprint density at radius 1 is 1.12 bits per heavy atom. The van der Waals surface area contributed by atoms with Gasteiger partial charge in [0.1, 0.15) is 6.04 Å². The molecule has 0 aliphatic rings. The zero-order valence-corrected chi connectivity index (χ0v) is 14.5. The number of carbonyl (C=O) groups excluding carboxylic acids is 2. The number of carbonyl (C=O) groups is 2. The van der Waals surface area contributed by atoms with Crippen molar-refractivity contribution in [3.05, 3.63) is 69.7 Å². The fourth-order valence-electron chi connectivity index (χ4n) is 2.47. The average Bonchev–Trinajstić information content (AvgIpc) is 2.52. The Labute approximate surface area is 150 Å². The summed E-state index contributed by atoms with van der Waals surface area (Å²) in [4.78, 5) is 23.4. The van der Waals surface area contributed by atoms with Crippen LogP contribution in [-0.2, 0) is 4.79 Å². The van der Waals surface area contributed by atoms with Crippen molar-refractivity contribution >= 4 is 35.1 Å². The van der Waals surface area contributed by atoms with Crippen LogP contribution in [0.5, 0.6) is 0 Å². The normalized spacial score (nSPS) is 13.1. The van der Waals surface area contributed by atoms with Gasteiger partial charge in [0.25, 0.3) is 5.91 Å². The molecule has 5 nitrogen and oxygen atoms in total. The van der Waals surface area contributed by atoms with Crippen LogP contribution in [0, 0.1) is 0 Å². The van der Waals surface area contributed by atoms with Crippen LogP contribution in [-0.4, -0.2) is 11.9 Å². The number of quaternary nitrogens is 1. The van der Waals surface area contributed by atoms with Crippen molar-refractivity contribution in [3.8, 4) is 0 Å². The van der Waals surface area contributed by atoms with E-state index in [4.69, 9.17) is 28.9 Å². The van der Waals surface area contributed by atoms with Crippen molar-refractivity contribution in [3.63, 3.8) is 0 Å². The number of rotatable bonds is 5. The summed E-state index contributed by atoms with van der Waals surface area (Å²) in [5.41, 5.74) is 6.67. The van der Waals surface area contributed by atoms with Gasteiger partial charge in [-0.05, 0) is 19.1 Å². The van der Waals surface area contributed by atoms with Crippen LogP contribution in [0.25, 0.3) is 0 Å². The number of nitrogens with two attached hydrogens (primary N) is 2. The van der Waals surface area contributed by atoms with Gasteiger partial charge in [0.05, 0.1) is 5.02 Å². The molecule has 3 amide bonds. The van der Waals surface area contributed by atoms with Gasteiger partial charge in [-0.15, -0.1) is 0 Å². The number of hydrogen-bond donors (Lipinski definition) is 3. The van der Waals surface area contributed by atoms with E-state index in [0.29, 0.717) is 10.0 Å². The molecule has 7 heteroatoms. The highest BCUT2D eigenvalue weighted by atomic mass is 35.5. The van der Waals surface area contributed by atoms with Crippen molar-refractivity contribution < 1.29 is 14.9 Å². The average molecular weight is 367 g/mol. The van der Waals surface area contributed by atoms with Crippen LogP contribution in [0.15, 0.2) is 48.5 Å². The monoisotopic (exact) mass is 366 g/mol. The first-order valence-corrected chi connectivity index (χ1v) is 8.09. The molecule has 0 unspecified atom stereocenters. The maximum Gasteiger partial charge on any atom is 0.319 e. The van der Waals surface area contributed by atoms with E-state index < -0.39 is 18.0 Å². The first-order chi connectivity index (χ1) is 11.4. The summed E-state index contributed by atoms with van der Waals surface area (Å²) >= 11 is 12.2. The van der Waals surface area contributed by atoms with E-state index in [-0.39, 0.29) is 6.04 Å². The lowest BCUT2D eigenvalue weighted by molar-refractivity contribution is -0.719. The predicted molar refractivity (Wildman–Crippen MR) is 93.7 cm³/mol. The van der Waals surface area contributed by atoms with Crippen LogP contribution in [0.2, 0.25) is 10.0 Å². The van der Waals surface area contributed by atoms with E-state index in [1.807, 2.05) is 48.6 Å². The number of halogens is 2. The van der Waals surface area contributed by atoms with Gasteiger partial charge in [-0.2, -0.15) is 0 Å². The molecule has 0 aliphatic carbocycles. The van der Waals surface area contributed by atoms with Crippen molar-refractivity contribution in [2.45, 2.75) is 19.0 Å². The third kappa shape index (κ3) is 4.71. The van der Waals surface area contributed by atoms with E-state index in [9.17, 15) is 9.59 Å². The fourth-order valence-corrected chi connectivity index (χ4v) is 3.05. The summed E-state index contributed by atoms with van der Waals surface area (Å²) < 4.78 is 0. The van der Waals surface area contributed by atoms with E-state index in [1.165, 1.54) is 0 Å². The smallest absolute Gasteiger partial charge is 0.319 e. The van der Waals surface area contributed by atoms with E-state index >= 15 is 0 Å². The first-order valence-electron chi connectivity index (χ1n) is 7.33. The van der Waals surface area contributed by atoms with E-state index in [0.717, 1.165) is 11.1 Å². The summed E-state index contributed by atoms with van der Waals surface area (Å²) in [6.45, 7) is 1.92. The third-order valence-electron chi connectivity index (χ3n) is 3.62. The predicted octanol–water partition coefficient (Wildman–Crippen LogP) is 2.55. The second-order valence-electron chi connectivity index (χ2n) is 5.39. The molecule has 2 rings (SSSR count). The summed E-state index contributed by atoms with van der Waals surface area (Å²) in [5, 5.41) is 5.02. The van der Waals surface area contributed by atoms with Gasteiger partial charge in [-0.25, -0.2) is 4.79 Å². The molecule has 0 aliphatic heterocycles. The molecule has 0 heterocycles. The Kier molecular flexibility index (Phi) is 6.20. The molecule has 0 radical (unpaired) electrons. The molecule has 0 saturated heterocycles. The number of imide groups is 1. The lowest BCUT2D eigenvalue weighted by Crippen LogP contribution is -2.88. The molecular formula is C17H18Cl2N3O2+. The topological polar surface area (TPSA) is 88.8 Å². The fraction of sp³-hybridized carbons (Fsp3) is 0.176. The Hall–Kier alpha value is -2.08. The molecule has 2 atom stereocenters. The standard InChI is InChI=1S/C17H17Cl2N3O2/c1-10(13-8-7-12(18)9-14(13)19)21-15(16(23)22-17(20)24)11-5-3-2-4-6-11/h2-10,15,21H,1H3,(H3,20,22,23,24)/p+1/t10-,15-/m1/s1. The molecule has 0 fully saturated rings. The molecule has 0 saturated carbocycles. The summed E-state index contributed by atoms with van der Waals surface area (Å²) in [5.74, 6) is -0.481. The zero-order chi connectivity index (χ0) is 17.7. The van der Waals surface area contributed by atoms with Crippen LogP contribution in [0.3, 0.4) is 0 Å². The SMILES string of the molecule is C[C@@H]([NH2+][C@@H](C(=O)NC(N)=O)c1ccccc1)c1ccc(Cl)cc1Cl. The maximum atomic E-state index is 12.4. The minimum atomic E-state index is -0.883. The quantitative estimate of drug-likeness (QED) is 0.758. The first kappa shape index (κ1) is 18.3. The second-order valence-corrected chi connectivity index (χ2v) is 6.23. The lowest BCUT2D eigenvalue weighted by atomic mass is 10.0. The molecule has 24 heavy (non-hydrogen) atoms.